The Hall–Kier alpha value is -3.82. The number of fused-ring (bicyclic) bond motifs is 1. The first-order valence-corrected chi connectivity index (χ1v) is 10.6. The van der Waals surface area contributed by atoms with Gasteiger partial charge in [-0.15, -0.1) is 0 Å². The van der Waals surface area contributed by atoms with E-state index in [9.17, 15) is 10.1 Å². The fraction of sp³-hybridized carbons (Fsp3) is 0.231. The van der Waals surface area contributed by atoms with Crippen LogP contribution in [0.5, 0.6) is 0 Å². The molecular weight excluding hydrogens is 400 g/mol. The molecule has 0 saturated heterocycles. The van der Waals surface area contributed by atoms with Gasteiger partial charge in [-0.05, 0) is 60.9 Å². The molecular formula is C26H26N4O2. The molecule has 2 aromatic heterocycles. The van der Waals surface area contributed by atoms with Gasteiger partial charge in [-0.1, -0.05) is 36.4 Å². The maximum absolute atomic E-state index is 12.8. The Morgan fingerprint density at radius 1 is 1.12 bits per heavy atom. The molecule has 0 aliphatic carbocycles. The molecule has 0 spiro atoms. The number of hydrogen-bond donors (Lipinski definition) is 2. The maximum Gasteiger partial charge on any atom is 0.239 e. The van der Waals surface area contributed by atoms with Crippen molar-refractivity contribution in [2.45, 2.75) is 33.4 Å². The van der Waals surface area contributed by atoms with Gasteiger partial charge in [0.1, 0.15) is 17.6 Å². The lowest BCUT2D eigenvalue weighted by Gasteiger charge is -2.16. The highest BCUT2D eigenvalue weighted by Gasteiger charge is 2.20. The topological polar surface area (TPSA) is 83.0 Å². The molecule has 4 rings (SSSR count). The van der Waals surface area contributed by atoms with Gasteiger partial charge in [0.25, 0.3) is 0 Å². The normalized spacial score (nSPS) is 11.9. The third-order valence-corrected chi connectivity index (χ3v) is 5.94. The summed E-state index contributed by atoms with van der Waals surface area (Å²) in [6.07, 6.45) is 1.61. The summed E-state index contributed by atoms with van der Waals surface area (Å²) in [7, 11) is 0. The second-order valence-corrected chi connectivity index (χ2v) is 7.97. The molecule has 0 unspecified atom stereocenters. The van der Waals surface area contributed by atoms with Gasteiger partial charge < -0.3 is 19.6 Å². The smallest absolute Gasteiger partial charge is 0.239 e. The van der Waals surface area contributed by atoms with Crippen molar-refractivity contribution >= 4 is 22.5 Å². The first-order valence-electron chi connectivity index (χ1n) is 10.6. The molecule has 4 aromatic rings. The number of anilines is 1. The summed E-state index contributed by atoms with van der Waals surface area (Å²) < 4.78 is 7.38. The number of carbonyl (C=O) groups is 1. The van der Waals surface area contributed by atoms with E-state index < -0.39 is 0 Å². The summed E-state index contributed by atoms with van der Waals surface area (Å²) >= 11 is 0. The van der Waals surface area contributed by atoms with Gasteiger partial charge in [-0.2, -0.15) is 5.26 Å². The minimum atomic E-state index is -0.202. The summed E-state index contributed by atoms with van der Waals surface area (Å²) in [6, 6.07) is 20.4. The molecule has 6 heteroatoms. The van der Waals surface area contributed by atoms with Crippen molar-refractivity contribution in [3.63, 3.8) is 0 Å². The van der Waals surface area contributed by atoms with Gasteiger partial charge >= 0.3 is 0 Å². The van der Waals surface area contributed by atoms with Crippen LogP contribution in [-0.4, -0.2) is 17.0 Å². The van der Waals surface area contributed by atoms with E-state index >= 15 is 0 Å². The zero-order valence-electron chi connectivity index (χ0n) is 18.5. The lowest BCUT2D eigenvalue weighted by atomic mass is 10.0. The van der Waals surface area contributed by atoms with E-state index in [0.29, 0.717) is 17.9 Å². The summed E-state index contributed by atoms with van der Waals surface area (Å²) in [5, 5.41) is 18.3. The molecule has 0 aliphatic heterocycles. The molecule has 2 heterocycles. The molecule has 0 radical (unpaired) electrons. The predicted molar refractivity (Wildman–Crippen MR) is 125 cm³/mol. The van der Waals surface area contributed by atoms with Crippen LogP contribution in [-0.2, 0) is 11.3 Å². The highest BCUT2D eigenvalue weighted by molar-refractivity contribution is 5.93. The Morgan fingerprint density at radius 2 is 1.91 bits per heavy atom. The number of nitriles is 1. The minimum Gasteiger partial charge on any atom is -0.467 e. The molecule has 2 aromatic carbocycles. The van der Waals surface area contributed by atoms with Gasteiger partial charge in [0.05, 0.1) is 24.9 Å². The highest BCUT2D eigenvalue weighted by Crippen LogP contribution is 2.27. The van der Waals surface area contributed by atoms with Gasteiger partial charge in [0, 0.05) is 11.7 Å². The van der Waals surface area contributed by atoms with Crippen LogP contribution in [0, 0.1) is 25.2 Å². The number of furan rings is 1. The number of aromatic nitrogens is 1. The van der Waals surface area contributed by atoms with Crippen LogP contribution in [0.2, 0.25) is 0 Å². The van der Waals surface area contributed by atoms with Crippen LogP contribution in [0.25, 0.3) is 10.8 Å². The molecule has 162 valence electrons. The van der Waals surface area contributed by atoms with Gasteiger partial charge in [-0.3, -0.25) is 4.79 Å². The summed E-state index contributed by atoms with van der Waals surface area (Å²) in [5.74, 6) is 1.06. The molecule has 32 heavy (non-hydrogen) atoms. The number of nitrogens with one attached hydrogen (secondary N) is 2. The standard InChI is InChI=1S/C26H26N4O2/c1-17-19(3)30(16-23-9-6-12-32-23)26(24(17)14-27)29-25(31)15-28-18(2)21-11-10-20-7-4-5-8-22(20)13-21/h4-13,18,28H,15-16H2,1-3H3,(H,29,31)/t18-/m1/s1. The van der Waals surface area contributed by atoms with Crippen molar-refractivity contribution in [2.24, 2.45) is 0 Å². The highest BCUT2D eigenvalue weighted by atomic mass is 16.3. The van der Waals surface area contributed by atoms with E-state index in [1.54, 1.807) is 6.26 Å². The van der Waals surface area contributed by atoms with Crippen LogP contribution in [0.1, 0.15) is 41.1 Å². The van der Waals surface area contributed by atoms with Crippen molar-refractivity contribution in [1.82, 2.24) is 9.88 Å². The molecule has 1 amide bonds. The zero-order chi connectivity index (χ0) is 22.7. The average Bonchev–Trinajstić information content (AvgIpc) is 3.40. The number of amides is 1. The van der Waals surface area contributed by atoms with E-state index in [0.717, 1.165) is 22.6 Å². The molecule has 2 N–H and O–H groups in total. The second kappa shape index (κ2) is 9.13. The number of carbonyl (C=O) groups excluding carboxylic acids is 1. The van der Waals surface area contributed by atoms with Gasteiger partial charge in [-0.25, -0.2) is 0 Å². The molecule has 0 fully saturated rings. The number of benzene rings is 2. The largest absolute Gasteiger partial charge is 0.467 e. The number of rotatable bonds is 7. The summed E-state index contributed by atoms with van der Waals surface area (Å²) in [6.45, 7) is 6.43. The molecule has 1 atom stereocenters. The number of hydrogen-bond acceptors (Lipinski definition) is 4. The van der Waals surface area contributed by atoms with E-state index in [1.165, 1.54) is 10.8 Å². The molecule has 0 aliphatic rings. The Labute approximate surface area is 187 Å². The van der Waals surface area contributed by atoms with Crippen LogP contribution >= 0.6 is 0 Å². The molecule has 0 saturated carbocycles. The fourth-order valence-corrected chi connectivity index (χ4v) is 3.90. The van der Waals surface area contributed by atoms with Crippen molar-refractivity contribution in [2.75, 3.05) is 11.9 Å². The Morgan fingerprint density at radius 3 is 2.62 bits per heavy atom. The van der Waals surface area contributed by atoms with Crippen molar-refractivity contribution in [3.8, 4) is 6.07 Å². The van der Waals surface area contributed by atoms with Gasteiger partial charge in [0.15, 0.2) is 0 Å². The van der Waals surface area contributed by atoms with E-state index in [2.05, 4.69) is 47.0 Å². The predicted octanol–water partition coefficient (Wildman–Crippen LogP) is 5.06. The molecule has 0 bridgehead atoms. The Kier molecular flexibility index (Phi) is 6.11. The van der Waals surface area contributed by atoms with Crippen LogP contribution in [0.3, 0.4) is 0 Å². The Balaban J connectivity index is 1.47. The molecule has 6 nitrogen and oxygen atoms in total. The quantitative estimate of drug-likeness (QED) is 0.433. The second-order valence-electron chi connectivity index (χ2n) is 7.97. The van der Waals surface area contributed by atoms with Crippen LogP contribution < -0.4 is 10.6 Å². The first-order chi connectivity index (χ1) is 15.5. The van der Waals surface area contributed by atoms with Crippen LogP contribution in [0.15, 0.2) is 65.3 Å². The maximum atomic E-state index is 12.8. The lowest BCUT2D eigenvalue weighted by Crippen LogP contribution is -2.31. The Bertz CT molecular complexity index is 1300. The van der Waals surface area contributed by atoms with Crippen molar-refractivity contribution in [1.29, 1.82) is 5.26 Å². The van der Waals surface area contributed by atoms with E-state index in [-0.39, 0.29) is 18.5 Å². The third-order valence-electron chi connectivity index (χ3n) is 5.94. The number of nitrogens with zero attached hydrogens (tertiary/aromatic N) is 2. The van der Waals surface area contributed by atoms with E-state index in [4.69, 9.17) is 4.42 Å². The lowest BCUT2D eigenvalue weighted by molar-refractivity contribution is -0.115. The minimum absolute atomic E-state index is 0.000768. The van der Waals surface area contributed by atoms with Crippen molar-refractivity contribution in [3.05, 3.63) is 89.0 Å². The average molecular weight is 427 g/mol. The SMILES string of the molecule is Cc1c(C#N)c(NC(=O)CN[C@H](C)c2ccc3ccccc3c2)n(Cc2ccco2)c1C. The first kappa shape index (κ1) is 21.4. The summed E-state index contributed by atoms with van der Waals surface area (Å²) in [4.78, 5) is 12.8. The zero-order valence-corrected chi connectivity index (χ0v) is 18.5. The fourth-order valence-electron chi connectivity index (χ4n) is 3.90. The monoisotopic (exact) mass is 426 g/mol. The van der Waals surface area contributed by atoms with Gasteiger partial charge in [0.2, 0.25) is 5.91 Å². The van der Waals surface area contributed by atoms with E-state index in [1.807, 2.05) is 49.6 Å². The third kappa shape index (κ3) is 4.29. The van der Waals surface area contributed by atoms with Crippen molar-refractivity contribution < 1.29 is 9.21 Å². The van der Waals surface area contributed by atoms with Crippen LogP contribution in [0.4, 0.5) is 5.82 Å². The summed E-state index contributed by atoms with van der Waals surface area (Å²) in [5.41, 5.74) is 3.37.